The Kier molecular flexibility index (Phi) is 5.86. The number of piperidine rings is 1. The molecule has 2 aromatic carbocycles. The van der Waals surface area contributed by atoms with Gasteiger partial charge in [-0.15, -0.1) is 0 Å². The second-order valence-corrected chi connectivity index (χ2v) is 7.72. The molecule has 7 heteroatoms. The quantitative estimate of drug-likeness (QED) is 0.627. The smallest absolute Gasteiger partial charge is 0.277 e. The number of aromatic nitrogens is 1. The van der Waals surface area contributed by atoms with E-state index in [9.17, 15) is 9.59 Å². The number of oxazole rings is 1. The third-order valence-electron chi connectivity index (χ3n) is 5.14. The van der Waals surface area contributed by atoms with Crippen molar-refractivity contribution >= 4 is 29.1 Å². The maximum Gasteiger partial charge on any atom is 0.277 e. The second-order valence-electron chi connectivity index (χ2n) is 7.29. The van der Waals surface area contributed by atoms with Crippen molar-refractivity contribution in [3.8, 4) is 11.5 Å². The molecule has 3 aromatic rings. The minimum Gasteiger partial charge on any atom is -0.441 e. The average molecular weight is 424 g/mol. The second kappa shape index (κ2) is 8.71. The fourth-order valence-electron chi connectivity index (χ4n) is 3.57. The highest BCUT2D eigenvalue weighted by molar-refractivity contribution is 6.31. The van der Waals surface area contributed by atoms with Gasteiger partial charge in [0.25, 0.3) is 11.8 Å². The van der Waals surface area contributed by atoms with Crippen molar-refractivity contribution < 1.29 is 14.0 Å². The summed E-state index contributed by atoms with van der Waals surface area (Å²) in [4.78, 5) is 32.1. The van der Waals surface area contributed by atoms with Crippen LogP contribution in [-0.4, -0.2) is 34.8 Å². The number of benzene rings is 2. The molecule has 0 saturated carbocycles. The van der Waals surface area contributed by atoms with Gasteiger partial charge in [-0.25, -0.2) is 4.98 Å². The van der Waals surface area contributed by atoms with Crippen molar-refractivity contribution in [2.24, 2.45) is 0 Å². The van der Waals surface area contributed by atoms with E-state index < -0.39 is 5.91 Å². The van der Waals surface area contributed by atoms with Crippen LogP contribution >= 0.6 is 11.6 Å². The summed E-state index contributed by atoms with van der Waals surface area (Å²) in [5.41, 5.74) is 1.74. The minimum absolute atomic E-state index is 0.108. The zero-order valence-corrected chi connectivity index (χ0v) is 17.4. The highest BCUT2D eigenvalue weighted by atomic mass is 35.5. The Hall–Kier alpha value is -3.12. The van der Waals surface area contributed by atoms with Crippen LogP contribution in [-0.2, 0) is 0 Å². The highest BCUT2D eigenvalue weighted by Crippen LogP contribution is 2.26. The molecular formula is C23H22ClN3O3. The lowest BCUT2D eigenvalue weighted by Crippen LogP contribution is -2.36. The summed E-state index contributed by atoms with van der Waals surface area (Å²) in [6, 6.07) is 14.3. The number of halogens is 1. The zero-order chi connectivity index (χ0) is 21.1. The lowest BCUT2D eigenvalue weighted by molar-refractivity contribution is 0.0725. The summed E-state index contributed by atoms with van der Waals surface area (Å²) in [6.07, 6.45) is 3.10. The third kappa shape index (κ3) is 4.24. The van der Waals surface area contributed by atoms with Crippen LogP contribution < -0.4 is 5.32 Å². The van der Waals surface area contributed by atoms with Gasteiger partial charge in [-0.05, 0) is 56.5 Å². The minimum atomic E-state index is -0.451. The standard InChI is InChI=1S/C23H22ClN3O3/c1-15-20(26-22(30-15)16-8-4-2-5-9-16)21(28)25-19-14-17(24)10-11-18(19)23(29)27-12-6-3-7-13-27/h2,4-5,8-11,14H,3,6-7,12-13H2,1H3,(H,25,28). The number of anilines is 1. The molecule has 0 spiro atoms. The first-order valence-corrected chi connectivity index (χ1v) is 10.3. The van der Waals surface area contributed by atoms with Crippen LogP contribution in [0.25, 0.3) is 11.5 Å². The van der Waals surface area contributed by atoms with Crippen molar-refractivity contribution in [2.75, 3.05) is 18.4 Å². The van der Waals surface area contributed by atoms with E-state index in [2.05, 4.69) is 10.3 Å². The van der Waals surface area contributed by atoms with Gasteiger partial charge in [0.1, 0.15) is 5.76 Å². The lowest BCUT2D eigenvalue weighted by Gasteiger charge is -2.27. The summed E-state index contributed by atoms with van der Waals surface area (Å²) in [5, 5.41) is 3.23. The van der Waals surface area contributed by atoms with Crippen molar-refractivity contribution in [3.63, 3.8) is 0 Å². The molecule has 2 heterocycles. The highest BCUT2D eigenvalue weighted by Gasteiger charge is 2.24. The Labute approximate surface area is 179 Å². The number of likely N-dealkylation sites (tertiary alicyclic amines) is 1. The van der Waals surface area contributed by atoms with Gasteiger partial charge in [-0.1, -0.05) is 29.8 Å². The zero-order valence-electron chi connectivity index (χ0n) is 16.7. The normalized spacial score (nSPS) is 13.9. The van der Waals surface area contributed by atoms with Gasteiger partial charge in [-0.3, -0.25) is 9.59 Å². The van der Waals surface area contributed by atoms with Gasteiger partial charge < -0.3 is 14.6 Å². The molecule has 0 unspecified atom stereocenters. The Bertz CT molecular complexity index is 1070. The molecule has 1 aliphatic heterocycles. The van der Waals surface area contributed by atoms with E-state index in [0.717, 1.165) is 37.9 Å². The van der Waals surface area contributed by atoms with Crippen molar-refractivity contribution in [1.82, 2.24) is 9.88 Å². The molecule has 0 radical (unpaired) electrons. The molecule has 0 aliphatic carbocycles. The molecular weight excluding hydrogens is 402 g/mol. The Balaban J connectivity index is 1.60. The number of carbonyl (C=O) groups excluding carboxylic acids is 2. The van der Waals surface area contributed by atoms with Crippen LogP contribution in [0, 0.1) is 6.92 Å². The van der Waals surface area contributed by atoms with E-state index in [1.54, 1.807) is 25.1 Å². The predicted molar refractivity (Wildman–Crippen MR) is 116 cm³/mol. The number of carbonyl (C=O) groups is 2. The molecule has 4 rings (SSSR count). The third-order valence-corrected chi connectivity index (χ3v) is 5.37. The molecule has 1 aliphatic rings. The summed E-state index contributed by atoms with van der Waals surface area (Å²) >= 11 is 6.14. The van der Waals surface area contributed by atoms with Crippen LogP contribution in [0.5, 0.6) is 0 Å². The van der Waals surface area contributed by atoms with E-state index >= 15 is 0 Å². The maximum absolute atomic E-state index is 13.0. The number of amides is 2. The van der Waals surface area contributed by atoms with Crippen molar-refractivity contribution in [1.29, 1.82) is 0 Å². The summed E-state index contributed by atoms with van der Waals surface area (Å²) in [7, 11) is 0. The predicted octanol–water partition coefficient (Wildman–Crippen LogP) is 5.18. The number of rotatable bonds is 4. The van der Waals surface area contributed by atoms with E-state index in [1.807, 2.05) is 35.2 Å². The van der Waals surface area contributed by atoms with Gasteiger partial charge >= 0.3 is 0 Å². The molecule has 1 N–H and O–H groups in total. The van der Waals surface area contributed by atoms with Gasteiger partial charge in [0.2, 0.25) is 5.89 Å². The SMILES string of the molecule is Cc1oc(-c2ccccc2)nc1C(=O)Nc1cc(Cl)ccc1C(=O)N1CCCCC1. The number of nitrogens with zero attached hydrogens (tertiary/aromatic N) is 2. The molecule has 154 valence electrons. The molecule has 6 nitrogen and oxygen atoms in total. The van der Waals surface area contributed by atoms with Gasteiger partial charge in [0, 0.05) is 23.7 Å². The van der Waals surface area contributed by atoms with E-state index in [0.29, 0.717) is 27.9 Å². The Morgan fingerprint density at radius 3 is 2.53 bits per heavy atom. The van der Waals surface area contributed by atoms with Gasteiger partial charge in [0.15, 0.2) is 5.69 Å². The van der Waals surface area contributed by atoms with Gasteiger partial charge in [-0.2, -0.15) is 0 Å². The van der Waals surface area contributed by atoms with Crippen molar-refractivity contribution in [2.45, 2.75) is 26.2 Å². The number of aryl methyl sites for hydroxylation is 1. The van der Waals surface area contributed by atoms with E-state index in [1.165, 1.54) is 0 Å². The fraction of sp³-hybridized carbons (Fsp3) is 0.261. The molecule has 30 heavy (non-hydrogen) atoms. The van der Waals surface area contributed by atoms with E-state index in [4.69, 9.17) is 16.0 Å². The molecule has 1 aromatic heterocycles. The molecule has 0 atom stereocenters. The first-order chi connectivity index (χ1) is 14.5. The number of hydrogen-bond donors (Lipinski definition) is 1. The first-order valence-electron chi connectivity index (χ1n) is 9.96. The summed E-state index contributed by atoms with van der Waals surface area (Å²) in [6.45, 7) is 3.13. The summed E-state index contributed by atoms with van der Waals surface area (Å²) in [5.74, 6) is 0.211. The lowest BCUT2D eigenvalue weighted by atomic mass is 10.1. The van der Waals surface area contributed by atoms with Gasteiger partial charge in [0.05, 0.1) is 11.3 Å². The van der Waals surface area contributed by atoms with Crippen LogP contribution in [0.1, 0.15) is 45.9 Å². The Morgan fingerprint density at radius 1 is 1.07 bits per heavy atom. The largest absolute Gasteiger partial charge is 0.441 e. The van der Waals surface area contributed by atoms with Crippen LogP contribution in [0.15, 0.2) is 52.9 Å². The molecule has 0 bridgehead atoms. The van der Waals surface area contributed by atoms with Crippen LogP contribution in [0.3, 0.4) is 0 Å². The first kappa shape index (κ1) is 20.2. The molecule has 1 saturated heterocycles. The number of nitrogens with one attached hydrogen (secondary N) is 1. The fourth-order valence-corrected chi connectivity index (χ4v) is 3.74. The van der Waals surface area contributed by atoms with Crippen molar-refractivity contribution in [3.05, 3.63) is 70.6 Å². The molecule has 1 fully saturated rings. The monoisotopic (exact) mass is 423 g/mol. The maximum atomic E-state index is 13.0. The van der Waals surface area contributed by atoms with Crippen LogP contribution in [0.4, 0.5) is 5.69 Å². The Morgan fingerprint density at radius 2 is 1.80 bits per heavy atom. The number of hydrogen-bond acceptors (Lipinski definition) is 4. The molecule has 2 amide bonds. The van der Waals surface area contributed by atoms with E-state index in [-0.39, 0.29) is 11.6 Å². The van der Waals surface area contributed by atoms with Crippen LogP contribution in [0.2, 0.25) is 5.02 Å². The average Bonchev–Trinajstić information content (AvgIpc) is 3.16. The summed E-state index contributed by atoms with van der Waals surface area (Å²) < 4.78 is 5.68. The topological polar surface area (TPSA) is 75.4 Å².